The molecular weight excluding hydrogens is 787 g/mol. The molecule has 3 nitrogen and oxygen atoms in total. The summed E-state index contributed by atoms with van der Waals surface area (Å²) >= 11 is 0. The Kier molecular flexibility index (Phi) is 6.88. The third-order valence-electron chi connectivity index (χ3n) is 14.7. The van der Waals surface area contributed by atoms with E-state index in [1.807, 2.05) is 0 Å². The zero-order valence-electron chi connectivity index (χ0n) is 35.2. The molecule has 13 aromatic rings. The maximum absolute atomic E-state index is 5.69. The first-order valence-electron chi connectivity index (χ1n) is 22.5. The minimum Gasteiger partial charge on any atom is -0.309 e. The van der Waals surface area contributed by atoms with Gasteiger partial charge in [-0.05, 0) is 111 Å². The van der Waals surface area contributed by atoms with E-state index in [9.17, 15) is 0 Å². The molecule has 0 radical (unpaired) electrons. The second-order valence-electron chi connectivity index (χ2n) is 17.8. The van der Waals surface area contributed by atoms with E-state index in [1.165, 1.54) is 93.5 Å². The molecule has 3 heterocycles. The molecule has 15 rings (SSSR count). The molecule has 10 aromatic carbocycles. The minimum absolute atomic E-state index is 0.446. The van der Waals surface area contributed by atoms with Gasteiger partial charge in [0.1, 0.15) is 0 Å². The number of hydrogen-bond acceptors (Lipinski definition) is 1. The van der Waals surface area contributed by atoms with Crippen LogP contribution in [0.2, 0.25) is 0 Å². The predicted octanol–water partition coefficient (Wildman–Crippen LogP) is 15.6. The van der Waals surface area contributed by atoms with Crippen molar-refractivity contribution in [1.29, 1.82) is 0 Å². The van der Waals surface area contributed by atoms with Crippen LogP contribution in [0.3, 0.4) is 0 Å². The fourth-order valence-corrected chi connectivity index (χ4v) is 12.1. The van der Waals surface area contributed by atoms with Crippen LogP contribution in [0.1, 0.15) is 22.3 Å². The fourth-order valence-electron chi connectivity index (χ4n) is 12.1. The van der Waals surface area contributed by atoms with Gasteiger partial charge in [-0.15, -0.1) is 0 Å². The number of nitrogens with zero attached hydrogens (tertiary/aromatic N) is 3. The van der Waals surface area contributed by atoms with Gasteiger partial charge in [0.15, 0.2) is 0 Å². The van der Waals surface area contributed by atoms with Crippen molar-refractivity contribution in [2.24, 2.45) is 0 Å². The quantitative estimate of drug-likeness (QED) is 0.163. The molecule has 0 atom stereocenters. The number of hydrogen-bond donors (Lipinski definition) is 0. The molecule has 2 aliphatic rings. The van der Waals surface area contributed by atoms with Crippen LogP contribution in [-0.2, 0) is 5.41 Å². The minimum atomic E-state index is -0.446. The smallest absolute Gasteiger partial charge is 0.0789 e. The van der Waals surface area contributed by atoms with Crippen molar-refractivity contribution in [2.45, 2.75) is 5.41 Å². The lowest BCUT2D eigenvalue weighted by Gasteiger charge is -2.30. The lowest BCUT2D eigenvalue weighted by molar-refractivity contribution is 0.795. The van der Waals surface area contributed by atoms with Gasteiger partial charge >= 0.3 is 0 Å². The summed E-state index contributed by atoms with van der Waals surface area (Å²) in [5, 5.41) is 8.44. The highest BCUT2D eigenvalue weighted by molar-refractivity contribution is 6.15. The molecule has 3 aromatic heterocycles. The van der Waals surface area contributed by atoms with Crippen LogP contribution >= 0.6 is 0 Å². The number of rotatable bonds is 3. The standard InChI is InChI=1S/C62H37N3/c1-9-25-52-41(17-1)42-18-2-10-26-53(42)62(52)54-27-11-3-19-43(54)50-36-51-49(37-55(50)62)44-20-4-12-28-56(44)63-61(51)38-33-39(64-57-29-13-5-21-45(57)46-22-6-14-30-58(46)64)35-40(34-38)65-59-31-15-7-23-47(59)48-24-8-16-32-60(48)65/h1-37H. The third kappa shape index (κ3) is 4.51. The number of fused-ring (bicyclic) bond motifs is 19. The van der Waals surface area contributed by atoms with Gasteiger partial charge in [0.2, 0.25) is 0 Å². The van der Waals surface area contributed by atoms with Crippen molar-refractivity contribution in [1.82, 2.24) is 14.1 Å². The van der Waals surface area contributed by atoms with Crippen LogP contribution < -0.4 is 0 Å². The summed E-state index contributed by atoms with van der Waals surface area (Å²) in [5.74, 6) is 0. The van der Waals surface area contributed by atoms with Crippen LogP contribution in [0.15, 0.2) is 224 Å². The summed E-state index contributed by atoms with van der Waals surface area (Å²) in [6, 6.07) is 83.3. The van der Waals surface area contributed by atoms with Gasteiger partial charge in [-0.2, -0.15) is 0 Å². The average Bonchev–Trinajstić information content (AvgIpc) is 4.08. The van der Waals surface area contributed by atoms with Crippen molar-refractivity contribution in [3.8, 4) is 44.9 Å². The second kappa shape index (κ2) is 12.8. The molecule has 2 aliphatic carbocycles. The highest BCUT2D eigenvalue weighted by atomic mass is 15.0. The van der Waals surface area contributed by atoms with E-state index < -0.39 is 5.41 Å². The van der Waals surface area contributed by atoms with Crippen molar-refractivity contribution in [2.75, 3.05) is 0 Å². The van der Waals surface area contributed by atoms with E-state index in [1.54, 1.807) is 0 Å². The number of para-hydroxylation sites is 5. The summed E-state index contributed by atoms with van der Waals surface area (Å²) in [7, 11) is 0. The number of benzene rings is 10. The molecule has 0 bridgehead atoms. The van der Waals surface area contributed by atoms with Gasteiger partial charge in [-0.3, -0.25) is 0 Å². The first-order valence-corrected chi connectivity index (χ1v) is 22.5. The zero-order valence-corrected chi connectivity index (χ0v) is 35.2. The molecular formula is C62H37N3. The van der Waals surface area contributed by atoms with E-state index in [0.29, 0.717) is 0 Å². The Morgan fingerprint density at radius 2 is 0.692 bits per heavy atom. The van der Waals surface area contributed by atoms with Crippen LogP contribution in [-0.4, -0.2) is 14.1 Å². The van der Waals surface area contributed by atoms with E-state index in [2.05, 4.69) is 234 Å². The van der Waals surface area contributed by atoms with Crippen molar-refractivity contribution in [3.05, 3.63) is 247 Å². The Morgan fingerprint density at radius 1 is 0.292 bits per heavy atom. The van der Waals surface area contributed by atoms with Crippen LogP contribution in [0.4, 0.5) is 0 Å². The van der Waals surface area contributed by atoms with Crippen LogP contribution in [0, 0.1) is 0 Å². The van der Waals surface area contributed by atoms with Gasteiger partial charge < -0.3 is 9.13 Å². The molecule has 0 saturated carbocycles. The Morgan fingerprint density at radius 3 is 1.18 bits per heavy atom. The first kappa shape index (κ1) is 35.0. The molecule has 0 aliphatic heterocycles. The summed E-state index contributed by atoms with van der Waals surface area (Å²) < 4.78 is 4.89. The molecule has 1 spiro atoms. The maximum atomic E-state index is 5.69. The predicted molar refractivity (Wildman–Crippen MR) is 270 cm³/mol. The van der Waals surface area contributed by atoms with Gasteiger partial charge in [-0.1, -0.05) is 164 Å². The van der Waals surface area contributed by atoms with E-state index in [0.717, 1.165) is 38.9 Å². The topological polar surface area (TPSA) is 22.8 Å². The SMILES string of the molecule is c1ccc2c(c1)-c1ccccc1C21c2ccccc2-c2cc3c(-c4cc(-n5c6ccccc6c6ccccc65)cc(-n5c6ccccc6c6ccccc65)c4)nc4ccccc4c3cc21. The highest BCUT2D eigenvalue weighted by Crippen LogP contribution is 2.63. The van der Waals surface area contributed by atoms with Crippen LogP contribution in [0.5, 0.6) is 0 Å². The van der Waals surface area contributed by atoms with Gasteiger partial charge in [-0.25, -0.2) is 4.98 Å². The number of pyridine rings is 1. The zero-order chi connectivity index (χ0) is 42.4. The van der Waals surface area contributed by atoms with Crippen molar-refractivity contribution in [3.63, 3.8) is 0 Å². The largest absolute Gasteiger partial charge is 0.309 e. The Hall–Kier alpha value is -8.53. The average molecular weight is 824 g/mol. The van der Waals surface area contributed by atoms with E-state index in [-0.39, 0.29) is 0 Å². The lowest BCUT2D eigenvalue weighted by atomic mass is 9.70. The van der Waals surface area contributed by atoms with E-state index in [4.69, 9.17) is 4.98 Å². The second-order valence-corrected chi connectivity index (χ2v) is 17.8. The summed E-state index contributed by atoms with van der Waals surface area (Å²) in [6.45, 7) is 0. The fraction of sp³-hybridized carbons (Fsp3) is 0.0161. The van der Waals surface area contributed by atoms with E-state index >= 15 is 0 Å². The molecule has 300 valence electrons. The maximum Gasteiger partial charge on any atom is 0.0789 e. The molecule has 0 saturated heterocycles. The first-order chi connectivity index (χ1) is 32.3. The van der Waals surface area contributed by atoms with Crippen molar-refractivity contribution < 1.29 is 0 Å². The lowest BCUT2D eigenvalue weighted by Crippen LogP contribution is -2.25. The van der Waals surface area contributed by atoms with Crippen LogP contribution in [0.25, 0.3) is 110 Å². The van der Waals surface area contributed by atoms with Gasteiger partial charge in [0.25, 0.3) is 0 Å². The van der Waals surface area contributed by atoms with Crippen molar-refractivity contribution >= 4 is 65.3 Å². The van der Waals surface area contributed by atoms with Gasteiger partial charge in [0, 0.05) is 49.3 Å². The highest BCUT2D eigenvalue weighted by Gasteiger charge is 2.51. The Bertz CT molecular complexity index is 3920. The molecule has 0 unspecified atom stereocenters. The molecule has 0 fully saturated rings. The Labute approximate surface area is 374 Å². The summed E-state index contributed by atoms with van der Waals surface area (Å²) in [6.07, 6.45) is 0. The van der Waals surface area contributed by atoms with Gasteiger partial charge in [0.05, 0.1) is 38.7 Å². The normalized spacial score (nSPS) is 13.4. The Balaban J connectivity index is 1.08. The third-order valence-corrected chi connectivity index (χ3v) is 14.7. The molecule has 65 heavy (non-hydrogen) atoms. The summed E-state index contributed by atoms with van der Waals surface area (Å²) in [4.78, 5) is 5.69. The number of aromatic nitrogens is 3. The molecule has 3 heteroatoms. The molecule has 0 amide bonds. The molecule has 0 N–H and O–H groups in total. The summed E-state index contributed by atoms with van der Waals surface area (Å²) in [5.41, 5.74) is 20.0. The monoisotopic (exact) mass is 823 g/mol.